The van der Waals surface area contributed by atoms with E-state index in [1.165, 1.54) is 11.8 Å². The molecule has 0 bridgehead atoms. The lowest BCUT2D eigenvalue weighted by molar-refractivity contribution is -0.113. The van der Waals surface area contributed by atoms with Crippen LogP contribution in [0.5, 0.6) is 0 Å². The van der Waals surface area contributed by atoms with Crippen molar-refractivity contribution in [3.05, 3.63) is 54.2 Å². The van der Waals surface area contributed by atoms with Crippen LogP contribution < -0.4 is 11.1 Å². The molecule has 1 aromatic heterocycles. The van der Waals surface area contributed by atoms with Crippen LogP contribution in [0.15, 0.2) is 53.7 Å². The predicted octanol–water partition coefficient (Wildman–Crippen LogP) is 3.25. The number of benzene rings is 2. The third-order valence-corrected chi connectivity index (χ3v) is 4.10. The number of carbonyl (C=O) groups excluding carboxylic acids is 1. The maximum absolute atomic E-state index is 12.2. The second kappa shape index (κ2) is 6.66. The van der Waals surface area contributed by atoms with Gasteiger partial charge in [0.15, 0.2) is 5.16 Å². The van der Waals surface area contributed by atoms with Crippen molar-refractivity contribution in [2.75, 3.05) is 16.8 Å². The van der Waals surface area contributed by atoms with E-state index in [0.29, 0.717) is 11.0 Å². The van der Waals surface area contributed by atoms with E-state index in [1.807, 2.05) is 49.4 Å². The van der Waals surface area contributed by atoms with Gasteiger partial charge in [-0.25, -0.2) is 9.97 Å². The van der Waals surface area contributed by atoms with Crippen molar-refractivity contribution in [1.29, 1.82) is 0 Å². The number of nitrogens with one attached hydrogen (secondary N) is 1. The monoisotopic (exact) mass is 324 g/mol. The molecule has 23 heavy (non-hydrogen) atoms. The molecule has 0 aliphatic rings. The summed E-state index contributed by atoms with van der Waals surface area (Å²) in [5.74, 6) is 0.538. The van der Waals surface area contributed by atoms with Gasteiger partial charge in [0.05, 0.1) is 5.75 Å². The molecule has 0 spiro atoms. The molecule has 3 N–H and O–H groups in total. The van der Waals surface area contributed by atoms with E-state index in [-0.39, 0.29) is 11.7 Å². The number of nitrogens with two attached hydrogens (primary N) is 1. The summed E-state index contributed by atoms with van der Waals surface area (Å²) >= 11 is 1.27. The van der Waals surface area contributed by atoms with E-state index < -0.39 is 0 Å². The number of nitrogen functional groups attached to an aromatic ring is 1. The van der Waals surface area contributed by atoms with E-state index in [0.717, 1.165) is 22.2 Å². The SMILES string of the molecule is Cc1cc(N)nc(SCC(=O)Nc2cccc3ccccc23)n1. The zero-order valence-electron chi connectivity index (χ0n) is 12.6. The van der Waals surface area contributed by atoms with Gasteiger partial charge in [0.1, 0.15) is 5.82 Å². The van der Waals surface area contributed by atoms with Gasteiger partial charge in [0.25, 0.3) is 0 Å². The summed E-state index contributed by atoms with van der Waals surface area (Å²) in [6, 6.07) is 15.5. The number of anilines is 2. The first-order chi connectivity index (χ1) is 11.1. The predicted molar refractivity (Wildman–Crippen MR) is 94.5 cm³/mol. The van der Waals surface area contributed by atoms with E-state index in [9.17, 15) is 4.79 Å². The van der Waals surface area contributed by atoms with Gasteiger partial charge in [-0.2, -0.15) is 0 Å². The molecule has 116 valence electrons. The quantitative estimate of drug-likeness (QED) is 0.569. The first-order valence-electron chi connectivity index (χ1n) is 7.13. The maximum atomic E-state index is 12.2. The molecule has 1 heterocycles. The van der Waals surface area contributed by atoms with E-state index in [2.05, 4.69) is 15.3 Å². The van der Waals surface area contributed by atoms with Gasteiger partial charge in [-0.3, -0.25) is 4.79 Å². The van der Waals surface area contributed by atoms with Gasteiger partial charge in [-0.1, -0.05) is 48.2 Å². The number of rotatable bonds is 4. The average Bonchev–Trinajstić information content (AvgIpc) is 2.52. The molecular formula is C17H16N4OS. The number of carbonyl (C=O) groups is 1. The largest absolute Gasteiger partial charge is 0.384 e. The van der Waals surface area contributed by atoms with E-state index >= 15 is 0 Å². The van der Waals surface area contributed by atoms with Crippen molar-refractivity contribution < 1.29 is 4.79 Å². The van der Waals surface area contributed by atoms with Crippen molar-refractivity contribution in [3.8, 4) is 0 Å². The second-order valence-corrected chi connectivity index (χ2v) is 6.02. The van der Waals surface area contributed by atoms with E-state index in [1.54, 1.807) is 6.07 Å². The summed E-state index contributed by atoms with van der Waals surface area (Å²) in [6.07, 6.45) is 0. The number of hydrogen-bond donors (Lipinski definition) is 2. The summed E-state index contributed by atoms with van der Waals surface area (Å²) < 4.78 is 0. The third-order valence-electron chi connectivity index (χ3n) is 3.25. The number of hydrogen-bond acceptors (Lipinski definition) is 5. The highest BCUT2D eigenvalue weighted by molar-refractivity contribution is 7.99. The highest BCUT2D eigenvalue weighted by Crippen LogP contribution is 2.23. The summed E-state index contributed by atoms with van der Waals surface area (Å²) in [5.41, 5.74) is 7.28. The average molecular weight is 324 g/mol. The molecule has 6 heteroatoms. The highest BCUT2D eigenvalue weighted by atomic mass is 32.2. The Kier molecular flexibility index (Phi) is 4.43. The van der Waals surface area contributed by atoms with Crippen molar-refractivity contribution >= 4 is 39.9 Å². The van der Waals surface area contributed by atoms with Gasteiger partial charge < -0.3 is 11.1 Å². The third kappa shape index (κ3) is 3.78. The number of aryl methyl sites for hydroxylation is 1. The molecule has 0 fully saturated rings. The molecule has 0 aliphatic carbocycles. The Hall–Kier alpha value is -2.60. The molecule has 3 aromatic rings. The minimum Gasteiger partial charge on any atom is -0.384 e. The van der Waals surface area contributed by atoms with Crippen molar-refractivity contribution in [2.24, 2.45) is 0 Å². The van der Waals surface area contributed by atoms with Crippen LogP contribution in [0.2, 0.25) is 0 Å². The lowest BCUT2D eigenvalue weighted by atomic mass is 10.1. The Balaban J connectivity index is 1.69. The minimum atomic E-state index is -0.102. The molecule has 3 rings (SSSR count). The van der Waals surface area contributed by atoms with Crippen molar-refractivity contribution in [3.63, 3.8) is 0 Å². The van der Waals surface area contributed by atoms with Gasteiger partial charge in [-0.05, 0) is 18.4 Å². The maximum Gasteiger partial charge on any atom is 0.234 e. The van der Waals surface area contributed by atoms with Gasteiger partial charge in [0.2, 0.25) is 5.91 Å². The minimum absolute atomic E-state index is 0.102. The highest BCUT2D eigenvalue weighted by Gasteiger charge is 2.08. The van der Waals surface area contributed by atoms with Crippen molar-refractivity contribution in [1.82, 2.24) is 9.97 Å². The Labute approximate surface area is 138 Å². The first kappa shape index (κ1) is 15.3. The van der Waals surface area contributed by atoms with Gasteiger partial charge in [0, 0.05) is 22.8 Å². The van der Waals surface area contributed by atoms with Crippen LogP contribution >= 0.6 is 11.8 Å². The molecule has 0 atom stereocenters. The zero-order valence-corrected chi connectivity index (χ0v) is 13.4. The molecular weight excluding hydrogens is 308 g/mol. The Morgan fingerprint density at radius 1 is 1.17 bits per heavy atom. The normalized spacial score (nSPS) is 10.7. The van der Waals surface area contributed by atoms with Gasteiger partial charge in [-0.15, -0.1) is 0 Å². The van der Waals surface area contributed by atoms with Crippen LogP contribution in [0.3, 0.4) is 0 Å². The lowest BCUT2D eigenvalue weighted by Crippen LogP contribution is -2.14. The lowest BCUT2D eigenvalue weighted by Gasteiger charge is -2.08. The number of fused-ring (bicyclic) bond motifs is 1. The van der Waals surface area contributed by atoms with Crippen LogP contribution in [-0.2, 0) is 4.79 Å². The standard InChI is InChI=1S/C17H16N4OS/c1-11-9-15(18)21-17(19-11)23-10-16(22)20-14-8-4-6-12-5-2-3-7-13(12)14/h2-9H,10H2,1H3,(H,20,22)(H2,18,19,21). The summed E-state index contributed by atoms with van der Waals surface area (Å²) in [5, 5.41) is 5.56. The van der Waals surface area contributed by atoms with Gasteiger partial charge >= 0.3 is 0 Å². The first-order valence-corrected chi connectivity index (χ1v) is 8.12. The molecule has 0 unspecified atom stereocenters. The topological polar surface area (TPSA) is 80.9 Å². The van der Waals surface area contributed by atoms with Crippen LogP contribution in [-0.4, -0.2) is 21.6 Å². The number of aromatic nitrogens is 2. The number of amides is 1. The smallest absolute Gasteiger partial charge is 0.234 e. The fraction of sp³-hybridized carbons (Fsp3) is 0.118. The summed E-state index contributed by atoms with van der Waals surface area (Å²) in [4.78, 5) is 20.5. The van der Waals surface area contributed by atoms with Crippen molar-refractivity contribution in [2.45, 2.75) is 12.1 Å². The molecule has 0 saturated carbocycles. The van der Waals surface area contributed by atoms with Crippen LogP contribution in [0.1, 0.15) is 5.69 Å². The number of thioether (sulfide) groups is 1. The van der Waals surface area contributed by atoms with E-state index in [4.69, 9.17) is 5.73 Å². The Bertz CT molecular complexity index is 841. The summed E-state index contributed by atoms with van der Waals surface area (Å²) in [6.45, 7) is 1.85. The molecule has 5 nitrogen and oxygen atoms in total. The molecule has 2 aromatic carbocycles. The fourth-order valence-electron chi connectivity index (χ4n) is 2.28. The Morgan fingerprint density at radius 3 is 2.78 bits per heavy atom. The number of nitrogens with zero attached hydrogens (tertiary/aromatic N) is 2. The molecule has 0 saturated heterocycles. The molecule has 0 aliphatic heterocycles. The zero-order chi connectivity index (χ0) is 16.2. The summed E-state index contributed by atoms with van der Waals surface area (Å²) in [7, 11) is 0. The van der Waals surface area contributed by atoms with Crippen LogP contribution in [0, 0.1) is 6.92 Å². The Morgan fingerprint density at radius 2 is 1.96 bits per heavy atom. The van der Waals surface area contributed by atoms with Crippen LogP contribution in [0.25, 0.3) is 10.8 Å². The molecule has 1 amide bonds. The van der Waals surface area contributed by atoms with Crippen LogP contribution in [0.4, 0.5) is 11.5 Å². The fourth-order valence-corrected chi connectivity index (χ4v) is 2.99. The second-order valence-electron chi connectivity index (χ2n) is 5.08. The molecule has 0 radical (unpaired) electrons.